The van der Waals surface area contributed by atoms with Crippen molar-refractivity contribution in [1.29, 1.82) is 0 Å². The SMILES string of the molecule is CCN(C(=O)C1CC(=O)N(c2ccc(Cl)cc2)C1)C1CCS(=O)(=O)C1. The largest absolute Gasteiger partial charge is 0.339 e. The van der Waals surface area contributed by atoms with Crippen molar-refractivity contribution in [2.75, 3.05) is 29.5 Å². The fourth-order valence-corrected chi connectivity index (χ4v) is 5.45. The van der Waals surface area contributed by atoms with Crippen LogP contribution < -0.4 is 4.90 Å². The molecule has 25 heavy (non-hydrogen) atoms. The van der Waals surface area contributed by atoms with E-state index in [2.05, 4.69) is 0 Å². The molecule has 0 spiro atoms. The Hall–Kier alpha value is -1.60. The number of carbonyl (C=O) groups is 2. The molecule has 2 aliphatic heterocycles. The van der Waals surface area contributed by atoms with E-state index in [1.807, 2.05) is 6.92 Å². The highest BCUT2D eigenvalue weighted by molar-refractivity contribution is 7.91. The van der Waals surface area contributed by atoms with Crippen molar-refractivity contribution in [2.24, 2.45) is 5.92 Å². The molecule has 1 aromatic rings. The van der Waals surface area contributed by atoms with Gasteiger partial charge in [0.05, 0.1) is 17.4 Å². The first-order chi connectivity index (χ1) is 11.8. The summed E-state index contributed by atoms with van der Waals surface area (Å²) in [7, 11) is -3.06. The van der Waals surface area contributed by atoms with E-state index in [9.17, 15) is 18.0 Å². The summed E-state index contributed by atoms with van der Waals surface area (Å²) in [5.74, 6) is -0.521. The zero-order valence-corrected chi connectivity index (χ0v) is 15.6. The van der Waals surface area contributed by atoms with E-state index < -0.39 is 15.8 Å². The van der Waals surface area contributed by atoms with Crippen molar-refractivity contribution in [2.45, 2.75) is 25.8 Å². The average molecular weight is 385 g/mol. The van der Waals surface area contributed by atoms with E-state index >= 15 is 0 Å². The summed E-state index contributed by atoms with van der Waals surface area (Å²) in [6.45, 7) is 2.61. The van der Waals surface area contributed by atoms with Gasteiger partial charge in [-0.15, -0.1) is 0 Å². The molecule has 8 heteroatoms. The van der Waals surface area contributed by atoms with Crippen molar-refractivity contribution >= 4 is 38.9 Å². The van der Waals surface area contributed by atoms with E-state index in [1.54, 1.807) is 34.1 Å². The van der Waals surface area contributed by atoms with Crippen LogP contribution in [0.5, 0.6) is 0 Å². The van der Waals surface area contributed by atoms with Crippen molar-refractivity contribution in [3.8, 4) is 0 Å². The van der Waals surface area contributed by atoms with Crippen LogP contribution in [-0.4, -0.2) is 55.8 Å². The lowest BCUT2D eigenvalue weighted by Crippen LogP contribution is -2.44. The second-order valence-corrected chi connectivity index (χ2v) is 9.23. The standard InChI is InChI=1S/C17H21ClN2O4S/c1-2-19(15-7-8-25(23,24)11-15)17(22)12-9-16(21)20(10-12)14-5-3-13(18)4-6-14/h3-6,12,15H,2,7-11H2,1H3. The zero-order valence-electron chi connectivity index (χ0n) is 14.0. The molecule has 2 amide bonds. The molecule has 3 rings (SSSR count). The molecule has 2 unspecified atom stereocenters. The van der Waals surface area contributed by atoms with E-state index in [0.29, 0.717) is 24.5 Å². The van der Waals surface area contributed by atoms with Gasteiger partial charge in [0.15, 0.2) is 9.84 Å². The van der Waals surface area contributed by atoms with Gasteiger partial charge in [0.25, 0.3) is 0 Å². The predicted molar refractivity (Wildman–Crippen MR) is 96.4 cm³/mol. The smallest absolute Gasteiger partial charge is 0.228 e. The summed E-state index contributed by atoms with van der Waals surface area (Å²) in [6, 6.07) is 6.66. The molecule has 6 nitrogen and oxygen atoms in total. The van der Waals surface area contributed by atoms with Crippen LogP contribution in [0.15, 0.2) is 24.3 Å². The van der Waals surface area contributed by atoms with Gasteiger partial charge in [0, 0.05) is 36.3 Å². The quantitative estimate of drug-likeness (QED) is 0.792. The van der Waals surface area contributed by atoms with E-state index in [1.165, 1.54) is 0 Å². The molecule has 0 N–H and O–H groups in total. The van der Waals surface area contributed by atoms with Crippen LogP contribution in [0.25, 0.3) is 0 Å². The molecule has 136 valence electrons. The topological polar surface area (TPSA) is 74.8 Å². The molecule has 0 saturated carbocycles. The van der Waals surface area contributed by atoms with E-state index in [-0.39, 0.29) is 35.8 Å². The van der Waals surface area contributed by atoms with Crippen molar-refractivity contribution in [3.63, 3.8) is 0 Å². The summed E-state index contributed by atoms with van der Waals surface area (Å²) in [4.78, 5) is 28.4. The molecule has 0 aromatic heterocycles. The first-order valence-electron chi connectivity index (χ1n) is 8.37. The first kappa shape index (κ1) is 18.2. The number of benzene rings is 1. The molecule has 2 saturated heterocycles. The van der Waals surface area contributed by atoms with Crippen LogP contribution in [0, 0.1) is 5.92 Å². The van der Waals surface area contributed by atoms with E-state index in [0.717, 1.165) is 5.69 Å². The van der Waals surface area contributed by atoms with Crippen LogP contribution in [0.3, 0.4) is 0 Å². The van der Waals surface area contributed by atoms with Crippen molar-refractivity contribution < 1.29 is 18.0 Å². The minimum absolute atomic E-state index is 0.0220. The number of hydrogen-bond donors (Lipinski definition) is 0. The summed E-state index contributed by atoms with van der Waals surface area (Å²) in [5, 5.41) is 0.586. The van der Waals surface area contributed by atoms with Gasteiger partial charge in [-0.2, -0.15) is 0 Å². The van der Waals surface area contributed by atoms with Crippen LogP contribution in [0.1, 0.15) is 19.8 Å². The molecule has 2 atom stereocenters. The lowest BCUT2D eigenvalue weighted by atomic mass is 10.1. The Morgan fingerprint density at radius 1 is 1.32 bits per heavy atom. The molecular weight excluding hydrogens is 364 g/mol. The molecule has 1 aromatic carbocycles. The Morgan fingerprint density at radius 2 is 2.00 bits per heavy atom. The molecule has 0 aliphatic carbocycles. The number of rotatable bonds is 4. The predicted octanol–water partition coefficient (Wildman–Crippen LogP) is 1.73. The van der Waals surface area contributed by atoms with Gasteiger partial charge in [-0.05, 0) is 37.6 Å². The molecule has 0 bridgehead atoms. The molecule has 2 aliphatic rings. The van der Waals surface area contributed by atoms with Crippen LogP contribution >= 0.6 is 11.6 Å². The Balaban J connectivity index is 1.72. The second-order valence-electron chi connectivity index (χ2n) is 6.56. The number of anilines is 1. The highest BCUT2D eigenvalue weighted by Gasteiger charge is 2.41. The average Bonchev–Trinajstić information content (AvgIpc) is 3.11. The fraction of sp³-hybridized carbons (Fsp3) is 0.529. The molecule has 0 radical (unpaired) electrons. The Morgan fingerprint density at radius 3 is 2.56 bits per heavy atom. The van der Waals surface area contributed by atoms with Crippen LogP contribution in [0.2, 0.25) is 5.02 Å². The lowest BCUT2D eigenvalue weighted by Gasteiger charge is -2.29. The third-order valence-electron chi connectivity index (χ3n) is 4.89. The highest BCUT2D eigenvalue weighted by atomic mass is 35.5. The van der Waals surface area contributed by atoms with E-state index in [4.69, 9.17) is 11.6 Å². The van der Waals surface area contributed by atoms with Gasteiger partial charge in [-0.1, -0.05) is 11.6 Å². The summed E-state index contributed by atoms with van der Waals surface area (Å²) in [6.07, 6.45) is 0.626. The minimum Gasteiger partial charge on any atom is -0.339 e. The number of amides is 2. The molecule has 2 heterocycles. The molecular formula is C17H21ClN2O4S. The number of sulfone groups is 1. The van der Waals surface area contributed by atoms with Crippen LogP contribution in [-0.2, 0) is 19.4 Å². The first-order valence-corrected chi connectivity index (χ1v) is 10.6. The Bertz CT molecular complexity index is 778. The maximum absolute atomic E-state index is 12.9. The molecule has 2 fully saturated rings. The maximum atomic E-state index is 12.9. The van der Waals surface area contributed by atoms with Crippen molar-refractivity contribution in [3.05, 3.63) is 29.3 Å². The van der Waals surface area contributed by atoms with Gasteiger partial charge in [-0.25, -0.2) is 8.42 Å². The van der Waals surface area contributed by atoms with Crippen molar-refractivity contribution in [1.82, 2.24) is 4.90 Å². The number of carbonyl (C=O) groups excluding carboxylic acids is 2. The Labute approximate surface area is 152 Å². The minimum atomic E-state index is -3.06. The summed E-state index contributed by atoms with van der Waals surface area (Å²) >= 11 is 5.88. The Kier molecular flexibility index (Phi) is 5.06. The summed E-state index contributed by atoms with van der Waals surface area (Å²) < 4.78 is 23.4. The third-order valence-corrected chi connectivity index (χ3v) is 6.89. The number of hydrogen-bond acceptors (Lipinski definition) is 4. The lowest BCUT2D eigenvalue weighted by molar-refractivity contribution is -0.137. The normalized spacial score (nSPS) is 25.4. The van der Waals surface area contributed by atoms with Gasteiger partial charge in [-0.3, -0.25) is 9.59 Å². The van der Waals surface area contributed by atoms with Gasteiger partial charge >= 0.3 is 0 Å². The monoisotopic (exact) mass is 384 g/mol. The van der Waals surface area contributed by atoms with Gasteiger partial charge in [0.2, 0.25) is 11.8 Å². The second kappa shape index (κ2) is 6.96. The fourth-order valence-electron chi connectivity index (χ4n) is 3.59. The number of halogens is 1. The summed E-state index contributed by atoms with van der Waals surface area (Å²) in [5.41, 5.74) is 0.719. The van der Waals surface area contributed by atoms with Gasteiger partial charge in [0.1, 0.15) is 0 Å². The highest BCUT2D eigenvalue weighted by Crippen LogP contribution is 2.29. The number of nitrogens with zero attached hydrogens (tertiary/aromatic N) is 2. The third kappa shape index (κ3) is 3.82. The van der Waals surface area contributed by atoms with Crippen LogP contribution in [0.4, 0.5) is 5.69 Å². The van der Waals surface area contributed by atoms with Gasteiger partial charge < -0.3 is 9.80 Å². The zero-order chi connectivity index (χ0) is 18.2. The maximum Gasteiger partial charge on any atom is 0.228 e.